The van der Waals surface area contributed by atoms with Gasteiger partial charge >= 0.3 is 0 Å². The molecule has 0 bridgehead atoms. The SMILES string of the molecule is CCNS(=O)(=O)c1ccc(CNC2CC2)cc1Br. The van der Waals surface area contributed by atoms with Crippen LogP contribution in [0.2, 0.25) is 0 Å². The van der Waals surface area contributed by atoms with Crippen LogP contribution in [0.25, 0.3) is 0 Å². The predicted octanol–water partition coefficient (Wildman–Crippen LogP) is 2.00. The second-order valence-corrected chi connectivity index (χ2v) is 7.01. The van der Waals surface area contributed by atoms with Crippen LogP contribution in [0.3, 0.4) is 0 Å². The number of rotatable bonds is 6. The summed E-state index contributed by atoms with van der Waals surface area (Å²) in [4.78, 5) is 0.291. The molecular formula is C12H17BrN2O2S. The van der Waals surface area contributed by atoms with Gasteiger partial charge in [0.2, 0.25) is 10.0 Å². The fraction of sp³-hybridized carbons (Fsp3) is 0.500. The van der Waals surface area contributed by atoms with E-state index in [4.69, 9.17) is 0 Å². The van der Waals surface area contributed by atoms with Gasteiger partial charge < -0.3 is 5.32 Å². The number of benzene rings is 1. The predicted molar refractivity (Wildman–Crippen MR) is 74.9 cm³/mol. The van der Waals surface area contributed by atoms with Gasteiger partial charge in [-0.05, 0) is 46.5 Å². The topological polar surface area (TPSA) is 58.2 Å². The third-order valence-electron chi connectivity index (χ3n) is 2.79. The maximum absolute atomic E-state index is 11.9. The number of nitrogens with one attached hydrogen (secondary N) is 2. The van der Waals surface area contributed by atoms with E-state index in [2.05, 4.69) is 26.0 Å². The first-order valence-corrected chi connectivity index (χ1v) is 8.32. The minimum absolute atomic E-state index is 0.291. The molecule has 1 aliphatic rings. The van der Waals surface area contributed by atoms with Gasteiger partial charge in [-0.1, -0.05) is 13.0 Å². The summed E-state index contributed by atoms with van der Waals surface area (Å²) in [5, 5.41) is 3.40. The second-order valence-electron chi connectivity index (χ2n) is 4.42. The molecule has 1 aliphatic carbocycles. The molecular weight excluding hydrogens is 316 g/mol. The zero-order valence-electron chi connectivity index (χ0n) is 10.2. The standard InChI is InChI=1S/C12H17BrN2O2S/c1-2-15-18(16,17)12-6-3-9(7-11(12)13)8-14-10-4-5-10/h3,6-7,10,14-15H,2,4-5,8H2,1H3. The highest BCUT2D eigenvalue weighted by Gasteiger charge is 2.20. The molecule has 6 heteroatoms. The third kappa shape index (κ3) is 3.54. The largest absolute Gasteiger partial charge is 0.310 e. The lowest BCUT2D eigenvalue weighted by Crippen LogP contribution is -2.23. The van der Waals surface area contributed by atoms with Gasteiger partial charge in [-0.15, -0.1) is 0 Å². The molecule has 2 rings (SSSR count). The van der Waals surface area contributed by atoms with Crippen molar-refractivity contribution in [2.75, 3.05) is 6.54 Å². The zero-order chi connectivity index (χ0) is 13.2. The Morgan fingerprint density at radius 2 is 2.11 bits per heavy atom. The van der Waals surface area contributed by atoms with Gasteiger partial charge in [0.15, 0.2) is 0 Å². The van der Waals surface area contributed by atoms with Crippen LogP contribution in [0.15, 0.2) is 27.6 Å². The molecule has 0 atom stereocenters. The van der Waals surface area contributed by atoms with Gasteiger partial charge in [0.1, 0.15) is 0 Å². The van der Waals surface area contributed by atoms with Crippen LogP contribution in [-0.2, 0) is 16.6 Å². The highest BCUT2D eigenvalue weighted by Crippen LogP contribution is 2.24. The molecule has 0 heterocycles. The molecule has 1 fully saturated rings. The number of hydrogen-bond acceptors (Lipinski definition) is 3. The number of sulfonamides is 1. The van der Waals surface area contributed by atoms with Crippen molar-refractivity contribution in [3.05, 3.63) is 28.2 Å². The zero-order valence-corrected chi connectivity index (χ0v) is 12.6. The average Bonchev–Trinajstić information content (AvgIpc) is 3.09. The molecule has 4 nitrogen and oxygen atoms in total. The number of halogens is 1. The van der Waals surface area contributed by atoms with Gasteiger partial charge in [-0.3, -0.25) is 0 Å². The minimum atomic E-state index is -3.39. The van der Waals surface area contributed by atoms with Crippen molar-refractivity contribution >= 4 is 26.0 Å². The van der Waals surface area contributed by atoms with Gasteiger partial charge in [0.05, 0.1) is 4.90 Å². The summed E-state index contributed by atoms with van der Waals surface area (Å²) in [5.41, 5.74) is 1.09. The fourth-order valence-electron chi connectivity index (χ4n) is 1.69. The molecule has 18 heavy (non-hydrogen) atoms. The molecule has 0 aliphatic heterocycles. The molecule has 100 valence electrons. The second kappa shape index (κ2) is 5.69. The normalized spacial score (nSPS) is 15.9. The van der Waals surface area contributed by atoms with E-state index in [9.17, 15) is 8.42 Å². The maximum Gasteiger partial charge on any atom is 0.241 e. The van der Waals surface area contributed by atoms with Gasteiger partial charge in [0.25, 0.3) is 0 Å². The molecule has 0 radical (unpaired) electrons. The summed E-state index contributed by atoms with van der Waals surface area (Å²) in [7, 11) is -3.39. The van der Waals surface area contributed by atoms with Crippen LogP contribution >= 0.6 is 15.9 Å². The molecule has 2 N–H and O–H groups in total. The Morgan fingerprint density at radius 1 is 1.39 bits per heavy atom. The Hall–Kier alpha value is -0.430. The lowest BCUT2D eigenvalue weighted by Gasteiger charge is -2.09. The Kier molecular flexibility index (Phi) is 4.42. The summed E-state index contributed by atoms with van der Waals surface area (Å²) in [6.45, 7) is 2.93. The van der Waals surface area contributed by atoms with E-state index in [-0.39, 0.29) is 0 Å². The molecule has 1 aromatic rings. The summed E-state index contributed by atoms with van der Waals surface area (Å²) >= 11 is 3.33. The van der Waals surface area contributed by atoms with Gasteiger partial charge in [-0.2, -0.15) is 0 Å². The van der Waals surface area contributed by atoms with Crippen molar-refractivity contribution in [3.8, 4) is 0 Å². The third-order valence-corrected chi connectivity index (χ3v) is 5.31. The molecule has 0 amide bonds. The van der Waals surface area contributed by atoms with E-state index in [0.29, 0.717) is 22.0 Å². The van der Waals surface area contributed by atoms with E-state index in [0.717, 1.165) is 12.1 Å². The van der Waals surface area contributed by atoms with E-state index in [1.165, 1.54) is 12.8 Å². The first-order valence-electron chi connectivity index (χ1n) is 6.04. The summed E-state index contributed by atoms with van der Waals surface area (Å²) in [6.07, 6.45) is 2.49. The monoisotopic (exact) mass is 332 g/mol. The van der Waals surface area contributed by atoms with Crippen molar-refractivity contribution in [2.24, 2.45) is 0 Å². The van der Waals surface area contributed by atoms with Crippen LogP contribution in [0, 0.1) is 0 Å². The molecule has 0 unspecified atom stereocenters. The first-order chi connectivity index (χ1) is 8.53. The lowest BCUT2D eigenvalue weighted by atomic mass is 10.2. The molecule has 0 saturated heterocycles. The lowest BCUT2D eigenvalue weighted by molar-refractivity contribution is 0.583. The summed E-state index contributed by atoms with van der Waals surface area (Å²) < 4.78 is 26.9. The quantitative estimate of drug-likeness (QED) is 0.837. The summed E-state index contributed by atoms with van der Waals surface area (Å²) in [6, 6.07) is 6.00. The Bertz CT molecular complexity index is 527. The minimum Gasteiger partial charge on any atom is -0.310 e. The maximum atomic E-state index is 11.9. The van der Waals surface area contributed by atoms with Crippen molar-refractivity contribution in [1.29, 1.82) is 0 Å². The van der Waals surface area contributed by atoms with E-state index in [1.807, 2.05) is 12.1 Å². The average molecular weight is 333 g/mol. The van der Waals surface area contributed by atoms with Crippen molar-refractivity contribution in [1.82, 2.24) is 10.0 Å². The van der Waals surface area contributed by atoms with Gasteiger partial charge in [-0.25, -0.2) is 13.1 Å². The van der Waals surface area contributed by atoms with Crippen LogP contribution in [0.4, 0.5) is 0 Å². The fourth-order valence-corrected chi connectivity index (χ4v) is 3.85. The Morgan fingerprint density at radius 3 is 2.67 bits per heavy atom. The van der Waals surface area contributed by atoms with E-state index in [1.54, 1.807) is 13.0 Å². The molecule has 0 aromatic heterocycles. The van der Waals surface area contributed by atoms with Crippen molar-refractivity contribution in [2.45, 2.75) is 37.2 Å². The highest BCUT2D eigenvalue weighted by molar-refractivity contribution is 9.10. The van der Waals surface area contributed by atoms with Crippen LogP contribution < -0.4 is 10.0 Å². The molecule has 1 saturated carbocycles. The van der Waals surface area contributed by atoms with Crippen LogP contribution in [0.5, 0.6) is 0 Å². The Balaban J connectivity index is 2.13. The van der Waals surface area contributed by atoms with E-state index < -0.39 is 10.0 Å². The Labute approximate surface area is 116 Å². The number of hydrogen-bond donors (Lipinski definition) is 2. The summed E-state index contributed by atoms with van der Waals surface area (Å²) in [5.74, 6) is 0. The van der Waals surface area contributed by atoms with Crippen molar-refractivity contribution in [3.63, 3.8) is 0 Å². The first kappa shape index (κ1) is 14.0. The molecule has 0 spiro atoms. The highest BCUT2D eigenvalue weighted by atomic mass is 79.9. The molecule has 1 aromatic carbocycles. The van der Waals surface area contributed by atoms with E-state index >= 15 is 0 Å². The van der Waals surface area contributed by atoms with Gasteiger partial charge in [0, 0.05) is 23.6 Å². The smallest absolute Gasteiger partial charge is 0.241 e. The van der Waals surface area contributed by atoms with Crippen LogP contribution in [0.1, 0.15) is 25.3 Å². The van der Waals surface area contributed by atoms with Crippen molar-refractivity contribution < 1.29 is 8.42 Å². The van der Waals surface area contributed by atoms with Crippen LogP contribution in [-0.4, -0.2) is 21.0 Å².